The van der Waals surface area contributed by atoms with Crippen molar-refractivity contribution in [1.82, 2.24) is 0 Å². The third-order valence-electron chi connectivity index (χ3n) is 1.43. The van der Waals surface area contributed by atoms with Crippen LogP contribution in [0.2, 0.25) is 0 Å². The van der Waals surface area contributed by atoms with Crippen LogP contribution < -0.4 is 0 Å². The average Bonchev–Trinajstić information content (AvgIpc) is 2.04. The van der Waals surface area contributed by atoms with Crippen LogP contribution in [0.15, 0.2) is 0 Å². The Kier molecular flexibility index (Phi) is 6.32. The Morgan fingerprint density at radius 1 is 1.17 bits per heavy atom. The summed E-state index contributed by atoms with van der Waals surface area (Å²) >= 11 is 0. The molecule has 74 valence electrons. The summed E-state index contributed by atoms with van der Waals surface area (Å²) in [5.74, 6) is 0. The number of hydrogen-bond acceptors (Lipinski definition) is 4. The highest BCUT2D eigenvalue weighted by Crippen LogP contribution is 2.01. The van der Waals surface area contributed by atoms with Crippen molar-refractivity contribution in [3.8, 4) is 0 Å². The van der Waals surface area contributed by atoms with E-state index in [0.29, 0.717) is 0 Å². The molecule has 0 unspecified atom stereocenters. The molecule has 0 radical (unpaired) electrons. The lowest BCUT2D eigenvalue weighted by atomic mass is 10.2. The number of hydrogen-bond donors (Lipinski definition) is 0. The quantitative estimate of drug-likeness (QED) is 0.579. The summed E-state index contributed by atoms with van der Waals surface area (Å²) in [4.78, 5) is 0. The standard InChI is InChI=1S/C7H16O4S/c1-3-4-5-6-7-11-12(8,9)10-2/h3-7H2,1-2H3. The van der Waals surface area contributed by atoms with Gasteiger partial charge >= 0.3 is 10.4 Å². The lowest BCUT2D eigenvalue weighted by molar-refractivity contribution is 0.238. The Balaban J connectivity index is 3.32. The summed E-state index contributed by atoms with van der Waals surface area (Å²) in [5.41, 5.74) is 0. The van der Waals surface area contributed by atoms with Crippen molar-refractivity contribution in [2.24, 2.45) is 0 Å². The van der Waals surface area contributed by atoms with Crippen molar-refractivity contribution in [3.05, 3.63) is 0 Å². The molecule has 4 nitrogen and oxygen atoms in total. The van der Waals surface area contributed by atoms with Crippen molar-refractivity contribution in [1.29, 1.82) is 0 Å². The highest BCUT2D eigenvalue weighted by Gasteiger charge is 2.06. The second-order valence-corrected chi connectivity index (χ2v) is 3.84. The van der Waals surface area contributed by atoms with Crippen LogP contribution in [0.5, 0.6) is 0 Å². The Morgan fingerprint density at radius 2 is 1.83 bits per heavy atom. The van der Waals surface area contributed by atoms with Crippen molar-refractivity contribution >= 4 is 10.4 Å². The van der Waals surface area contributed by atoms with Crippen molar-refractivity contribution in [3.63, 3.8) is 0 Å². The molecular weight excluding hydrogens is 180 g/mol. The molecule has 0 aromatic carbocycles. The van der Waals surface area contributed by atoms with Crippen LogP contribution in [0, 0.1) is 0 Å². The molecule has 0 bridgehead atoms. The molecule has 0 amide bonds. The van der Waals surface area contributed by atoms with Crippen LogP contribution in [0.1, 0.15) is 32.6 Å². The average molecular weight is 196 g/mol. The molecule has 0 heterocycles. The molecule has 12 heavy (non-hydrogen) atoms. The highest BCUT2D eigenvalue weighted by molar-refractivity contribution is 7.81. The van der Waals surface area contributed by atoms with Crippen LogP contribution in [-0.2, 0) is 18.8 Å². The normalized spacial score (nSPS) is 11.8. The number of rotatable bonds is 7. The lowest BCUT2D eigenvalue weighted by Gasteiger charge is -2.01. The molecule has 0 atom stereocenters. The molecule has 0 aliphatic heterocycles. The molecular formula is C7H16O4S. The molecule has 0 rings (SSSR count). The maximum Gasteiger partial charge on any atom is 0.399 e. The van der Waals surface area contributed by atoms with E-state index in [4.69, 9.17) is 0 Å². The van der Waals surface area contributed by atoms with Gasteiger partial charge in [0.2, 0.25) is 0 Å². The summed E-state index contributed by atoms with van der Waals surface area (Å²) < 4.78 is 29.7. The van der Waals surface area contributed by atoms with E-state index in [0.717, 1.165) is 32.8 Å². The third-order valence-corrected chi connectivity index (χ3v) is 2.29. The van der Waals surface area contributed by atoms with Crippen molar-refractivity contribution in [2.75, 3.05) is 13.7 Å². The Hall–Kier alpha value is -0.130. The van der Waals surface area contributed by atoms with Crippen molar-refractivity contribution < 1.29 is 16.8 Å². The van der Waals surface area contributed by atoms with E-state index in [-0.39, 0.29) is 6.61 Å². The van der Waals surface area contributed by atoms with Gasteiger partial charge in [0.15, 0.2) is 0 Å². The maximum absolute atomic E-state index is 10.6. The summed E-state index contributed by atoms with van der Waals surface area (Å²) in [5, 5.41) is 0. The van der Waals surface area contributed by atoms with Crippen LogP contribution in [-0.4, -0.2) is 22.1 Å². The fourth-order valence-electron chi connectivity index (χ4n) is 0.738. The van der Waals surface area contributed by atoms with E-state index < -0.39 is 10.4 Å². The van der Waals surface area contributed by atoms with Crippen molar-refractivity contribution in [2.45, 2.75) is 32.6 Å². The van der Waals surface area contributed by atoms with Gasteiger partial charge in [-0.1, -0.05) is 26.2 Å². The maximum atomic E-state index is 10.6. The monoisotopic (exact) mass is 196 g/mol. The molecule has 0 aliphatic carbocycles. The zero-order chi connectivity index (χ0) is 9.45. The third kappa shape index (κ3) is 6.57. The van der Waals surface area contributed by atoms with Gasteiger partial charge in [-0.25, -0.2) is 4.18 Å². The topological polar surface area (TPSA) is 52.6 Å². The largest absolute Gasteiger partial charge is 0.399 e. The number of unbranched alkanes of at least 4 members (excludes halogenated alkanes) is 3. The highest BCUT2D eigenvalue weighted by atomic mass is 32.3. The molecule has 0 N–H and O–H groups in total. The van der Waals surface area contributed by atoms with E-state index in [1.165, 1.54) is 0 Å². The van der Waals surface area contributed by atoms with Crippen LogP contribution >= 0.6 is 0 Å². The first-order chi connectivity index (χ1) is 5.62. The SMILES string of the molecule is CCCCCCOS(=O)(=O)OC. The minimum Gasteiger partial charge on any atom is -0.252 e. The van der Waals surface area contributed by atoms with Gasteiger partial charge in [-0.2, -0.15) is 8.42 Å². The summed E-state index contributed by atoms with van der Waals surface area (Å²) in [6.45, 7) is 2.31. The summed E-state index contributed by atoms with van der Waals surface area (Å²) in [7, 11) is -2.62. The molecule has 0 saturated heterocycles. The van der Waals surface area contributed by atoms with Gasteiger partial charge in [0.25, 0.3) is 0 Å². The zero-order valence-electron chi connectivity index (χ0n) is 7.58. The van der Waals surface area contributed by atoms with E-state index in [9.17, 15) is 8.42 Å². The molecule has 0 aliphatic rings. The van der Waals surface area contributed by atoms with Gasteiger partial charge < -0.3 is 0 Å². The first-order valence-electron chi connectivity index (χ1n) is 4.07. The second kappa shape index (κ2) is 6.39. The predicted molar refractivity (Wildman–Crippen MR) is 46.0 cm³/mol. The first-order valence-corrected chi connectivity index (χ1v) is 5.40. The Morgan fingerprint density at radius 3 is 2.33 bits per heavy atom. The lowest BCUT2D eigenvalue weighted by Crippen LogP contribution is -2.08. The molecule has 0 aromatic rings. The van der Waals surface area contributed by atoms with Crippen LogP contribution in [0.3, 0.4) is 0 Å². The predicted octanol–water partition coefficient (Wildman–Crippen LogP) is 1.47. The van der Waals surface area contributed by atoms with Crippen LogP contribution in [0.4, 0.5) is 0 Å². The van der Waals surface area contributed by atoms with E-state index >= 15 is 0 Å². The van der Waals surface area contributed by atoms with Crippen LogP contribution in [0.25, 0.3) is 0 Å². The molecule has 5 heteroatoms. The van der Waals surface area contributed by atoms with Gasteiger partial charge in [-0.3, -0.25) is 4.18 Å². The first kappa shape index (κ1) is 11.9. The van der Waals surface area contributed by atoms with E-state index in [2.05, 4.69) is 15.3 Å². The molecule has 0 saturated carbocycles. The minimum atomic E-state index is -3.71. The summed E-state index contributed by atoms with van der Waals surface area (Å²) in [6.07, 6.45) is 3.99. The van der Waals surface area contributed by atoms with Gasteiger partial charge in [0, 0.05) is 0 Å². The smallest absolute Gasteiger partial charge is 0.252 e. The fraction of sp³-hybridized carbons (Fsp3) is 1.00. The summed E-state index contributed by atoms with van der Waals surface area (Å²) in [6, 6.07) is 0. The van der Waals surface area contributed by atoms with Gasteiger partial charge in [-0.15, -0.1) is 0 Å². The van der Waals surface area contributed by atoms with Gasteiger partial charge in [0.1, 0.15) is 0 Å². The molecule has 0 spiro atoms. The van der Waals surface area contributed by atoms with Gasteiger partial charge in [-0.05, 0) is 6.42 Å². The minimum absolute atomic E-state index is 0.218. The Bertz CT molecular complexity index is 186. The fourth-order valence-corrected chi connectivity index (χ4v) is 1.16. The molecule has 0 fully saturated rings. The second-order valence-electron chi connectivity index (χ2n) is 2.46. The zero-order valence-corrected chi connectivity index (χ0v) is 8.39. The van der Waals surface area contributed by atoms with E-state index in [1.54, 1.807) is 0 Å². The van der Waals surface area contributed by atoms with Gasteiger partial charge in [0.05, 0.1) is 13.7 Å². The van der Waals surface area contributed by atoms with E-state index in [1.807, 2.05) is 0 Å². The Labute approximate surface area is 74.2 Å². The molecule has 0 aromatic heterocycles.